The summed E-state index contributed by atoms with van der Waals surface area (Å²) in [4.78, 5) is 0. The van der Waals surface area contributed by atoms with E-state index in [0.717, 1.165) is 0 Å². The number of halogens is 3. The summed E-state index contributed by atoms with van der Waals surface area (Å²) in [6.45, 7) is 1.26. The number of methoxy groups -OCH3 is 2. The molecule has 4 nitrogen and oxygen atoms in total. The lowest BCUT2D eigenvalue weighted by Crippen LogP contribution is -2.22. The van der Waals surface area contributed by atoms with Crippen LogP contribution in [0.25, 0.3) is 0 Å². The molecule has 0 atom stereocenters. The molecule has 0 unspecified atom stereocenters. The van der Waals surface area contributed by atoms with Gasteiger partial charge in [-0.25, -0.2) is 0 Å². The van der Waals surface area contributed by atoms with Crippen LogP contribution in [0.2, 0.25) is 0 Å². The van der Waals surface area contributed by atoms with Gasteiger partial charge in [-0.15, -0.1) is 13.2 Å². The molecule has 108 valence electrons. The van der Waals surface area contributed by atoms with Crippen molar-refractivity contribution >= 4 is 0 Å². The van der Waals surface area contributed by atoms with Crippen LogP contribution in [0.5, 0.6) is 11.5 Å². The fourth-order valence-corrected chi connectivity index (χ4v) is 1.42. The monoisotopic (exact) mass is 279 g/mol. The Morgan fingerprint density at radius 2 is 1.95 bits per heavy atom. The maximum atomic E-state index is 12.3. The van der Waals surface area contributed by atoms with Crippen LogP contribution in [-0.2, 0) is 11.3 Å². The van der Waals surface area contributed by atoms with Gasteiger partial charge in [-0.3, -0.25) is 0 Å². The summed E-state index contributed by atoms with van der Waals surface area (Å²) in [5.41, 5.74) is 0.397. The van der Waals surface area contributed by atoms with E-state index >= 15 is 0 Å². The summed E-state index contributed by atoms with van der Waals surface area (Å²) in [7, 11) is 2.93. The number of hydrogen-bond acceptors (Lipinski definition) is 4. The van der Waals surface area contributed by atoms with E-state index in [1.165, 1.54) is 19.2 Å². The van der Waals surface area contributed by atoms with E-state index in [9.17, 15) is 13.2 Å². The van der Waals surface area contributed by atoms with Crippen LogP contribution in [0.3, 0.4) is 0 Å². The van der Waals surface area contributed by atoms with Crippen molar-refractivity contribution in [3.8, 4) is 11.5 Å². The van der Waals surface area contributed by atoms with E-state index in [2.05, 4.69) is 10.1 Å². The molecule has 1 rings (SSSR count). The van der Waals surface area contributed by atoms with Crippen molar-refractivity contribution in [2.45, 2.75) is 12.9 Å². The van der Waals surface area contributed by atoms with Crippen molar-refractivity contribution in [2.24, 2.45) is 0 Å². The van der Waals surface area contributed by atoms with Crippen LogP contribution in [0.15, 0.2) is 18.2 Å². The molecule has 0 fully saturated rings. The van der Waals surface area contributed by atoms with Crippen molar-refractivity contribution in [1.82, 2.24) is 5.32 Å². The van der Waals surface area contributed by atoms with Crippen molar-refractivity contribution in [3.63, 3.8) is 0 Å². The summed E-state index contributed by atoms with van der Waals surface area (Å²) in [6.07, 6.45) is -4.73. The topological polar surface area (TPSA) is 39.7 Å². The van der Waals surface area contributed by atoms with Gasteiger partial charge in [0.1, 0.15) is 11.5 Å². The second kappa shape index (κ2) is 7.20. The minimum absolute atomic E-state index is 0.249. The van der Waals surface area contributed by atoms with Crippen LogP contribution in [-0.4, -0.2) is 33.7 Å². The zero-order valence-corrected chi connectivity index (χ0v) is 10.7. The van der Waals surface area contributed by atoms with Crippen molar-refractivity contribution in [3.05, 3.63) is 23.8 Å². The fourth-order valence-electron chi connectivity index (χ4n) is 1.42. The van der Waals surface area contributed by atoms with Gasteiger partial charge < -0.3 is 19.5 Å². The minimum Gasteiger partial charge on any atom is -0.497 e. The summed E-state index contributed by atoms with van der Waals surface area (Å²) in [5, 5.41) is 2.95. The molecule has 0 saturated heterocycles. The molecular weight excluding hydrogens is 263 g/mol. The first kappa shape index (κ1) is 15.6. The van der Waals surface area contributed by atoms with E-state index in [4.69, 9.17) is 9.47 Å². The molecule has 0 bridgehead atoms. The summed E-state index contributed by atoms with van der Waals surface area (Å²) < 4.78 is 50.6. The first-order valence-electron chi connectivity index (χ1n) is 5.58. The Hall–Kier alpha value is -1.47. The van der Waals surface area contributed by atoms with Gasteiger partial charge in [-0.2, -0.15) is 0 Å². The quantitative estimate of drug-likeness (QED) is 0.778. The van der Waals surface area contributed by atoms with Crippen molar-refractivity contribution in [2.75, 3.05) is 27.4 Å². The van der Waals surface area contributed by atoms with E-state index in [1.54, 1.807) is 13.2 Å². The molecular formula is C12H16F3NO3. The molecule has 0 amide bonds. The first-order valence-corrected chi connectivity index (χ1v) is 5.58. The number of benzene rings is 1. The molecule has 1 aromatic rings. The third kappa shape index (κ3) is 5.80. The predicted octanol–water partition coefficient (Wildman–Crippen LogP) is 2.33. The molecule has 1 N–H and O–H groups in total. The third-order valence-corrected chi connectivity index (χ3v) is 2.30. The molecule has 0 spiro atoms. The molecule has 7 heteroatoms. The van der Waals surface area contributed by atoms with Gasteiger partial charge in [-0.05, 0) is 6.07 Å². The van der Waals surface area contributed by atoms with E-state index < -0.39 is 6.36 Å². The van der Waals surface area contributed by atoms with Crippen molar-refractivity contribution < 1.29 is 27.4 Å². The summed E-state index contributed by atoms with van der Waals surface area (Å²) >= 11 is 0. The molecule has 1 aromatic carbocycles. The van der Waals surface area contributed by atoms with Gasteiger partial charge in [0.2, 0.25) is 0 Å². The van der Waals surface area contributed by atoms with Crippen LogP contribution >= 0.6 is 0 Å². The lowest BCUT2D eigenvalue weighted by Gasteiger charge is -2.14. The number of rotatable bonds is 7. The molecule has 0 heterocycles. The van der Waals surface area contributed by atoms with E-state index in [1.807, 2.05) is 0 Å². The van der Waals surface area contributed by atoms with Crippen LogP contribution in [0.4, 0.5) is 13.2 Å². The largest absolute Gasteiger partial charge is 0.573 e. The second-order valence-corrected chi connectivity index (χ2v) is 3.69. The maximum absolute atomic E-state index is 12.3. The Labute approximate surface area is 109 Å². The average Bonchev–Trinajstić information content (AvgIpc) is 2.34. The van der Waals surface area contributed by atoms with Crippen LogP contribution < -0.4 is 14.8 Å². The highest BCUT2D eigenvalue weighted by atomic mass is 19.4. The molecule has 19 heavy (non-hydrogen) atoms. The highest BCUT2D eigenvalue weighted by molar-refractivity contribution is 5.40. The molecule has 0 radical (unpaired) electrons. The predicted molar refractivity (Wildman–Crippen MR) is 63.3 cm³/mol. The van der Waals surface area contributed by atoms with E-state index in [0.29, 0.717) is 24.5 Å². The number of ether oxygens (including phenoxy) is 3. The van der Waals surface area contributed by atoms with E-state index in [-0.39, 0.29) is 12.3 Å². The van der Waals surface area contributed by atoms with Gasteiger partial charge in [0.25, 0.3) is 0 Å². The van der Waals surface area contributed by atoms with Crippen LogP contribution in [0.1, 0.15) is 5.56 Å². The molecule has 0 aromatic heterocycles. The van der Waals surface area contributed by atoms with Gasteiger partial charge in [0, 0.05) is 31.8 Å². The SMILES string of the molecule is COCCNCc1ccc(OC)cc1OC(F)(F)F. The first-order chi connectivity index (χ1) is 8.96. The standard InChI is InChI=1S/C12H16F3NO3/c1-17-6-5-16-8-9-3-4-10(18-2)7-11(9)19-12(13,14)15/h3-4,7,16H,5-6,8H2,1-2H3. The Morgan fingerprint density at radius 1 is 1.21 bits per heavy atom. The molecule has 0 aliphatic rings. The molecule has 0 aliphatic heterocycles. The smallest absolute Gasteiger partial charge is 0.497 e. The summed E-state index contributed by atoms with van der Waals surface area (Å²) in [5.74, 6) is 0.0386. The van der Waals surface area contributed by atoms with Gasteiger partial charge >= 0.3 is 6.36 Å². The Morgan fingerprint density at radius 3 is 2.53 bits per heavy atom. The molecule has 0 saturated carbocycles. The minimum atomic E-state index is -4.73. The lowest BCUT2D eigenvalue weighted by molar-refractivity contribution is -0.274. The maximum Gasteiger partial charge on any atom is 0.573 e. The third-order valence-electron chi connectivity index (χ3n) is 2.30. The van der Waals surface area contributed by atoms with Gasteiger partial charge in [0.05, 0.1) is 13.7 Å². The number of hydrogen-bond donors (Lipinski definition) is 1. The van der Waals surface area contributed by atoms with Crippen LogP contribution in [0, 0.1) is 0 Å². The highest BCUT2D eigenvalue weighted by Crippen LogP contribution is 2.30. The average molecular weight is 279 g/mol. The zero-order chi connectivity index (χ0) is 14.3. The highest BCUT2D eigenvalue weighted by Gasteiger charge is 2.32. The Bertz CT molecular complexity index is 396. The van der Waals surface area contributed by atoms with Gasteiger partial charge in [-0.1, -0.05) is 6.07 Å². The van der Waals surface area contributed by atoms with Crippen molar-refractivity contribution in [1.29, 1.82) is 0 Å². The normalized spacial score (nSPS) is 11.4. The number of alkyl halides is 3. The summed E-state index contributed by atoms with van der Waals surface area (Å²) in [6, 6.07) is 4.32. The van der Waals surface area contributed by atoms with Gasteiger partial charge in [0.15, 0.2) is 0 Å². The molecule has 0 aliphatic carbocycles. The number of nitrogens with one attached hydrogen (secondary N) is 1. The second-order valence-electron chi connectivity index (χ2n) is 3.69. The zero-order valence-electron chi connectivity index (χ0n) is 10.7. The lowest BCUT2D eigenvalue weighted by atomic mass is 10.2. The fraction of sp³-hybridized carbons (Fsp3) is 0.500. The Kier molecular flexibility index (Phi) is 5.91. The Balaban J connectivity index is 2.77.